The van der Waals surface area contributed by atoms with E-state index in [4.69, 9.17) is 0 Å². The van der Waals surface area contributed by atoms with Gasteiger partial charge in [-0.05, 0) is 66.0 Å². The lowest BCUT2D eigenvalue weighted by atomic mass is 9.83. The second kappa shape index (κ2) is 13.4. The molecule has 1 saturated carbocycles. The average Bonchev–Trinajstić information content (AvgIpc) is 3.68. The first-order valence-electron chi connectivity index (χ1n) is 16.3. The van der Waals surface area contributed by atoms with Gasteiger partial charge in [0.15, 0.2) is 0 Å². The Bertz CT molecular complexity index is 1600. The number of anilines is 1. The zero-order valence-corrected chi connectivity index (χ0v) is 26.6. The Kier molecular flexibility index (Phi) is 9.10. The first kappa shape index (κ1) is 31.3. The van der Waals surface area contributed by atoms with Crippen LogP contribution in [-0.4, -0.2) is 70.2 Å². The van der Waals surface area contributed by atoms with Crippen molar-refractivity contribution in [2.24, 2.45) is 18.9 Å². The number of benzene rings is 2. The quantitative estimate of drug-likeness (QED) is 0.290. The molecule has 2 aromatic carbocycles. The zero-order valence-electron chi connectivity index (χ0n) is 26.6. The maximum Gasteiger partial charge on any atom is 0.318 e. The third kappa shape index (κ3) is 6.36. The molecule has 1 aliphatic heterocycles. The van der Waals surface area contributed by atoms with E-state index < -0.39 is 11.6 Å². The summed E-state index contributed by atoms with van der Waals surface area (Å²) in [6.45, 7) is 1.02. The summed E-state index contributed by atoms with van der Waals surface area (Å²) in [6.07, 6.45) is 7.97. The molecule has 5 amide bonds. The molecule has 1 aromatic heterocycles. The van der Waals surface area contributed by atoms with Gasteiger partial charge < -0.3 is 26.2 Å². The molecule has 242 valence electrons. The number of fused-ring (bicyclic) bond motifs is 1. The molecule has 0 radical (unpaired) electrons. The van der Waals surface area contributed by atoms with Crippen molar-refractivity contribution in [3.8, 4) is 0 Å². The fourth-order valence-corrected chi connectivity index (χ4v) is 7.52. The van der Waals surface area contributed by atoms with Crippen molar-refractivity contribution in [2.45, 2.75) is 62.9 Å². The summed E-state index contributed by atoms with van der Waals surface area (Å²) in [5.74, 6) is -0.626. The van der Waals surface area contributed by atoms with Gasteiger partial charge in [-0.3, -0.25) is 19.1 Å². The van der Waals surface area contributed by atoms with Gasteiger partial charge in [0.2, 0.25) is 11.8 Å². The number of aryl methyl sites for hydroxylation is 1. The van der Waals surface area contributed by atoms with Crippen molar-refractivity contribution in [2.75, 3.05) is 25.5 Å². The lowest BCUT2D eigenvalue weighted by molar-refractivity contribution is -0.131. The van der Waals surface area contributed by atoms with E-state index in [2.05, 4.69) is 38.5 Å². The molecule has 3 aromatic rings. The third-order valence-electron chi connectivity index (χ3n) is 9.94. The van der Waals surface area contributed by atoms with Crippen LogP contribution in [-0.2, 0) is 35.9 Å². The number of aromatic nitrogens is 2. The predicted molar refractivity (Wildman–Crippen MR) is 174 cm³/mol. The van der Waals surface area contributed by atoms with Gasteiger partial charge in [-0.15, -0.1) is 0 Å². The number of carbonyl (C=O) groups excluding carboxylic acids is 4. The molecule has 6 rings (SSSR count). The molecule has 2 fully saturated rings. The predicted octanol–water partition coefficient (Wildman–Crippen LogP) is 3.21. The van der Waals surface area contributed by atoms with Gasteiger partial charge in [-0.1, -0.05) is 55.7 Å². The number of likely N-dealkylation sites (N-methyl/N-ethyl adjacent to an activating group) is 1. The van der Waals surface area contributed by atoms with Crippen LogP contribution < -0.4 is 21.3 Å². The molecule has 1 saturated heterocycles. The third-order valence-corrected chi connectivity index (χ3v) is 9.94. The molecule has 0 spiro atoms. The minimum atomic E-state index is -1.08. The molecule has 46 heavy (non-hydrogen) atoms. The standard InChI is InChI=1S/C35H43N7O4/c1-36-33(45)35(42-22-24(21-37-34(42)46)17-23-9-5-3-6-10-23)19-26-13-14-28(18-27(26)20-35)39-32(44)30(25-11-7-4-8-12-25)40-31(43)29-15-16-38-41(29)2/h3,5-6,9-10,13-16,18,24-25,30H,4,7-8,11-12,17,19-22H2,1-2H3,(H,36,45)(H,37,46)(H,39,44)(H,40,43)/t24?,30-,35?/m0/s1. The van der Waals surface area contributed by atoms with E-state index in [-0.39, 0.29) is 35.6 Å². The first-order chi connectivity index (χ1) is 22.3. The first-order valence-corrected chi connectivity index (χ1v) is 16.3. The van der Waals surface area contributed by atoms with Crippen molar-refractivity contribution in [3.63, 3.8) is 0 Å². The van der Waals surface area contributed by atoms with Gasteiger partial charge in [-0.25, -0.2) is 4.79 Å². The van der Waals surface area contributed by atoms with Gasteiger partial charge in [0.25, 0.3) is 5.91 Å². The number of urea groups is 1. The van der Waals surface area contributed by atoms with E-state index in [0.29, 0.717) is 37.3 Å². The molecule has 11 nitrogen and oxygen atoms in total. The maximum absolute atomic E-state index is 13.8. The largest absolute Gasteiger partial charge is 0.357 e. The summed E-state index contributed by atoms with van der Waals surface area (Å²) in [5, 5.41) is 16.0. The topological polar surface area (TPSA) is 137 Å². The summed E-state index contributed by atoms with van der Waals surface area (Å²) in [4.78, 5) is 55.6. The summed E-state index contributed by atoms with van der Waals surface area (Å²) < 4.78 is 1.50. The molecule has 3 aliphatic rings. The summed E-state index contributed by atoms with van der Waals surface area (Å²) >= 11 is 0. The van der Waals surface area contributed by atoms with E-state index in [1.165, 1.54) is 10.2 Å². The lowest BCUT2D eigenvalue weighted by Gasteiger charge is -2.44. The molecule has 2 heterocycles. The highest BCUT2D eigenvalue weighted by molar-refractivity contribution is 6.01. The van der Waals surface area contributed by atoms with Crippen LogP contribution in [0.1, 0.15) is 59.3 Å². The number of nitrogens with one attached hydrogen (secondary N) is 4. The minimum Gasteiger partial charge on any atom is -0.357 e. The minimum absolute atomic E-state index is 0.0303. The van der Waals surface area contributed by atoms with Crippen LogP contribution in [0.5, 0.6) is 0 Å². The molecule has 0 bridgehead atoms. The lowest BCUT2D eigenvalue weighted by Crippen LogP contribution is -2.67. The van der Waals surface area contributed by atoms with Crippen LogP contribution in [0.2, 0.25) is 0 Å². The average molecular weight is 626 g/mol. The molecule has 4 N–H and O–H groups in total. The normalized spacial score (nSPS) is 22.0. The molecule has 11 heteroatoms. The fraction of sp³-hybridized carbons (Fsp3) is 0.457. The van der Waals surface area contributed by atoms with Gasteiger partial charge in [0.05, 0.1) is 0 Å². The van der Waals surface area contributed by atoms with Gasteiger partial charge >= 0.3 is 6.03 Å². The van der Waals surface area contributed by atoms with E-state index >= 15 is 0 Å². The van der Waals surface area contributed by atoms with Crippen LogP contribution in [0.15, 0.2) is 60.8 Å². The zero-order chi connectivity index (χ0) is 32.3. The molecule has 2 aliphatic carbocycles. The van der Waals surface area contributed by atoms with Crippen molar-refractivity contribution >= 4 is 29.4 Å². The Morgan fingerprint density at radius 2 is 1.78 bits per heavy atom. The van der Waals surface area contributed by atoms with E-state index in [9.17, 15) is 19.2 Å². The van der Waals surface area contributed by atoms with Crippen LogP contribution >= 0.6 is 0 Å². The Morgan fingerprint density at radius 1 is 1.02 bits per heavy atom. The maximum atomic E-state index is 13.8. The van der Waals surface area contributed by atoms with E-state index in [1.54, 1.807) is 31.3 Å². The summed E-state index contributed by atoms with van der Waals surface area (Å²) in [6, 6.07) is 16.5. The number of carbonyl (C=O) groups is 4. The van der Waals surface area contributed by atoms with Crippen molar-refractivity contribution in [3.05, 3.63) is 83.2 Å². The highest BCUT2D eigenvalue weighted by Crippen LogP contribution is 2.38. The Hall–Kier alpha value is -4.67. The Morgan fingerprint density at radius 3 is 2.50 bits per heavy atom. The van der Waals surface area contributed by atoms with Crippen molar-refractivity contribution < 1.29 is 19.2 Å². The second-order valence-corrected chi connectivity index (χ2v) is 13.0. The SMILES string of the molecule is CNC(=O)C1(N2CC(Cc3ccccc3)CNC2=O)Cc2ccc(NC(=O)[C@@H](NC(=O)c3ccnn3C)C3CCCCC3)cc2C1. The molecule has 2 unspecified atom stereocenters. The van der Waals surface area contributed by atoms with Gasteiger partial charge in [0, 0.05) is 51.9 Å². The number of hydrogen-bond acceptors (Lipinski definition) is 5. The van der Waals surface area contributed by atoms with Crippen LogP contribution in [0.4, 0.5) is 10.5 Å². The Labute approximate surface area is 269 Å². The van der Waals surface area contributed by atoms with Crippen LogP contribution in [0, 0.1) is 11.8 Å². The monoisotopic (exact) mass is 625 g/mol. The number of hydrogen-bond donors (Lipinski definition) is 4. The van der Waals surface area contributed by atoms with Crippen molar-refractivity contribution in [1.82, 2.24) is 30.6 Å². The number of nitrogens with zero attached hydrogens (tertiary/aromatic N) is 3. The van der Waals surface area contributed by atoms with Crippen LogP contribution in [0.25, 0.3) is 0 Å². The second-order valence-electron chi connectivity index (χ2n) is 13.0. The van der Waals surface area contributed by atoms with E-state index in [1.807, 2.05) is 36.4 Å². The number of rotatable bonds is 9. The number of amides is 5. The van der Waals surface area contributed by atoms with Gasteiger partial charge in [0.1, 0.15) is 17.3 Å². The molecule has 3 atom stereocenters. The smallest absolute Gasteiger partial charge is 0.318 e. The molecular formula is C35H43N7O4. The Balaban J connectivity index is 1.20. The fourth-order valence-electron chi connectivity index (χ4n) is 7.52. The summed E-state index contributed by atoms with van der Waals surface area (Å²) in [7, 11) is 3.30. The van der Waals surface area contributed by atoms with Crippen LogP contribution in [0.3, 0.4) is 0 Å². The highest BCUT2D eigenvalue weighted by atomic mass is 16.2. The van der Waals surface area contributed by atoms with Crippen molar-refractivity contribution in [1.29, 1.82) is 0 Å². The molecular weight excluding hydrogens is 582 g/mol. The highest BCUT2D eigenvalue weighted by Gasteiger charge is 2.51. The van der Waals surface area contributed by atoms with E-state index in [0.717, 1.165) is 49.7 Å². The summed E-state index contributed by atoms with van der Waals surface area (Å²) in [5.41, 5.74) is 2.97. The van der Waals surface area contributed by atoms with Gasteiger partial charge in [-0.2, -0.15) is 5.10 Å².